The maximum atomic E-state index is 3.40. The Morgan fingerprint density at radius 2 is 1.41 bits per heavy atom. The van der Waals surface area contributed by atoms with Gasteiger partial charge in [-0.25, -0.2) is 0 Å². The van der Waals surface area contributed by atoms with Crippen LogP contribution in [0.15, 0.2) is 29.5 Å². The Morgan fingerprint density at radius 3 is 1.93 bits per heavy atom. The lowest BCUT2D eigenvalue weighted by atomic mass is 9.46. The molecule has 0 N–H and O–H groups in total. The van der Waals surface area contributed by atoms with Crippen LogP contribution in [0.1, 0.15) is 181 Å². The molecule has 8 unspecified atom stereocenters. The van der Waals surface area contributed by atoms with Crippen molar-refractivity contribution in [2.75, 3.05) is 0 Å². The van der Waals surface area contributed by atoms with Crippen LogP contribution in [0.4, 0.5) is 0 Å². The van der Waals surface area contributed by atoms with E-state index in [0.717, 1.165) is 47.0 Å². The molecule has 41 heavy (non-hydrogen) atoms. The van der Waals surface area contributed by atoms with Gasteiger partial charge in [-0.2, -0.15) is 0 Å². The second kappa shape index (κ2) is 21.9. The topological polar surface area (TPSA) is 0 Å². The summed E-state index contributed by atoms with van der Waals surface area (Å²) < 4.78 is 0. The highest BCUT2D eigenvalue weighted by Crippen LogP contribution is 2.67. The summed E-state index contributed by atoms with van der Waals surface area (Å²) in [4.78, 5) is 0. The number of rotatable bonds is 5. The monoisotopic (exact) mass is 573 g/mol. The SMILES string of the molecule is C=C=C(C)C.CC.CC.CC.CC.CC(C)CCCC(C)C1CCC2C3CC=C4CC(C)CCC4(C)C3CCC12C. The van der Waals surface area contributed by atoms with Gasteiger partial charge in [0.15, 0.2) is 0 Å². The zero-order valence-electron chi connectivity index (χ0n) is 31.6. The van der Waals surface area contributed by atoms with Crippen molar-refractivity contribution in [2.45, 2.75) is 181 Å². The Balaban J connectivity index is 0. The Bertz CT molecular complexity index is 729. The molecule has 3 fully saturated rings. The van der Waals surface area contributed by atoms with Crippen LogP contribution in [0.3, 0.4) is 0 Å². The zero-order valence-corrected chi connectivity index (χ0v) is 31.6. The molecule has 0 spiro atoms. The third-order valence-corrected chi connectivity index (χ3v) is 10.9. The quantitative estimate of drug-likeness (QED) is 0.227. The summed E-state index contributed by atoms with van der Waals surface area (Å²) in [5, 5.41) is 0. The molecule has 0 aromatic rings. The maximum absolute atomic E-state index is 3.40. The molecule has 3 saturated carbocycles. The molecule has 0 aromatic carbocycles. The molecule has 0 nitrogen and oxygen atoms in total. The normalized spacial score (nSPS) is 33.1. The van der Waals surface area contributed by atoms with Crippen molar-refractivity contribution in [2.24, 2.45) is 52.3 Å². The molecule has 0 heterocycles. The first-order chi connectivity index (χ1) is 19.5. The van der Waals surface area contributed by atoms with Crippen molar-refractivity contribution in [3.8, 4) is 0 Å². The summed E-state index contributed by atoms with van der Waals surface area (Å²) in [6.07, 6.45) is 19.0. The predicted octanol–water partition coefficient (Wildman–Crippen LogP) is 14.5. The summed E-state index contributed by atoms with van der Waals surface area (Å²) in [6.45, 7) is 38.6. The standard InChI is InChI=1S/C28H48.C5H8.4C2H6/c1-19(2)8-7-9-21(4)24-12-13-25-23-11-10-22-18-20(3)14-16-27(22,5)26(23)15-17-28(24,25)6;1-4-5(2)3;4*1-2/h10,19-21,23-26H,7-9,11-18H2,1-6H3;1H2,2-3H3;4*1-2H3. The lowest BCUT2D eigenvalue weighted by Gasteiger charge is -2.58. The summed E-state index contributed by atoms with van der Waals surface area (Å²) >= 11 is 0. The highest BCUT2D eigenvalue weighted by atomic mass is 14.6. The molecule has 4 aliphatic rings. The van der Waals surface area contributed by atoms with E-state index < -0.39 is 0 Å². The minimum atomic E-state index is 0.553. The molecule has 8 atom stereocenters. The summed E-state index contributed by atoms with van der Waals surface area (Å²) in [5.74, 6) is 6.73. The van der Waals surface area contributed by atoms with E-state index in [1.807, 2.05) is 74.8 Å². The first-order valence-corrected chi connectivity index (χ1v) is 18.6. The van der Waals surface area contributed by atoms with Crippen molar-refractivity contribution in [3.05, 3.63) is 29.5 Å². The molecule has 0 aromatic heterocycles. The number of hydrogen-bond donors (Lipinski definition) is 0. The van der Waals surface area contributed by atoms with Gasteiger partial charge >= 0.3 is 0 Å². The maximum Gasteiger partial charge on any atom is -0.00851 e. The second-order valence-corrected chi connectivity index (χ2v) is 13.8. The van der Waals surface area contributed by atoms with Crippen molar-refractivity contribution < 1.29 is 0 Å². The van der Waals surface area contributed by atoms with Gasteiger partial charge in [0.2, 0.25) is 0 Å². The summed E-state index contributed by atoms with van der Waals surface area (Å²) in [6, 6.07) is 0. The van der Waals surface area contributed by atoms with E-state index in [-0.39, 0.29) is 0 Å². The minimum absolute atomic E-state index is 0.553. The fraction of sp³-hybridized carbons (Fsp3) is 0.878. The first-order valence-electron chi connectivity index (χ1n) is 18.6. The van der Waals surface area contributed by atoms with Gasteiger partial charge in [0.25, 0.3) is 0 Å². The Hall–Kier alpha value is -0.740. The molecule has 0 heteroatoms. The molecule has 0 bridgehead atoms. The minimum Gasteiger partial charge on any atom is -0.130 e. The van der Waals surface area contributed by atoms with Crippen LogP contribution in [0.5, 0.6) is 0 Å². The lowest BCUT2D eigenvalue weighted by Crippen LogP contribution is -2.50. The number of hydrogen-bond acceptors (Lipinski definition) is 0. The Labute approximate surface area is 262 Å². The molecule has 0 aliphatic heterocycles. The van der Waals surface area contributed by atoms with Crippen LogP contribution in [0, 0.1) is 52.3 Å². The van der Waals surface area contributed by atoms with Crippen LogP contribution < -0.4 is 0 Å². The molecule has 0 radical (unpaired) electrons. The molecule has 244 valence electrons. The third kappa shape index (κ3) is 11.4. The van der Waals surface area contributed by atoms with Crippen molar-refractivity contribution >= 4 is 0 Å². The van der Waals surface area contributed by atoms with Crippen molar-refractivity contribution in [3.63, 3.8) is 0 Å². The first kappa shape index (κ1) is 42.4. The molecular formula is C41H80. The highest BCUT2D eigenvalue weighted by molar-refractivity contribution is 5.25. The van der Waals surface area contributed by atoms with Crippen LogP contribution in [0.2, 0.25) is 0 Å². The van der Waals surface area contributed by atoms with Gasteiger partial charge in [-0.05, 0) is 123 Å². The molecule has 0 saturated heterocycles. The third-order valence-electron chi connectivity index (χ3n) is 10.9. The molecule has 0 amide bonds. The van der Waals surface area contributed by atoms with E-state index in [4.69, 9.17) is 0 Å². The van der Waals surface area contributed by atoms with Gasteiger partial charge in [0.05, 0.1) is 0 Å². The largest absolute Gasteiger partial charge is 0.130 e. The summed E-state index contributed by atoms with van der Waals surface area (Å²) in [5.41, 5.74) is 6.90. The molecule has 4 rings (SSSR count). The van der Waals surface area contributed by atoms with Gasteiger partial charge in [-0.3, -0.25) is 0 Å². The fourth-order valence-corrected chi connectivity index (χ4v) is 8.87. The van der Waals surface area contributed by atoms with Gasteiger partial charge in [-0.1, -0.05) is 134 Å². The van der Waals surface area contributed by atoms with Gasteiger partial charge < -0.3 is 0 Å². The number of allylic oxidation sites excluding steroid dienone is 3. The highest BCUT2D eigenvalue weighted by Gasteiger charge is 2.58. The van der Waals surface area contributed by atoms with Crippen LogP contribution in [0.25, 0.3) is 0 Å². The van der Waals surface area contributed by atoms with E-state index in [1.54, 1.807) is 0 Å². The van der Waals surface area contributed by atoms with E-state index in [0.29, 0.717) is 10.8 Å². The predicted molar refractivity (Wildman–Crippen MR) is 192 cm³/mol. The fourth-order valence-electron chi connectivity index (χ4n) is 8.87. The van der Waals surface area contributed by atoms with Crippen molar-refractivity contribution in [1.29, 1.82) is 0 Å². The Morgan fingerprint density at radius 1 is 0.854 bits per heavy atom. The average molecular weight is 573 g/mol. The van der Waals surface area contributed by atoms with Crippen LogP contribution in [-0.4, -0.2) is 0 Å². The van der Waals surface area contributed by atoms with Gasteiger partial charge in [0.1, 0.15) is 0 Å². The molecule has 4 aliphatic carbocycles. The summed E-state index contributed by atoms with van der Waals surface area (Å²) in [7, 11) is 0. The van der Waals surface area contributed by atoms with E-state index >= 15 is 0 Å². The van der Waals surface area contributed by atoms with E-state index in [1.165, 1.54) is 70.6 Å². The Kier molecular flexibility index (Phi) is 22.6. The average Bonchev–Trinajstić information content (AvgIpc) is 3.35. The van der Waals surface area contributed by atoms with Crippen molar-refractivity contribution in [1.82, 2.24) is 0 Å². The second-order valence-electron chi connectivity index (χ2n) is 13.8. The smallest absolute Gasteiger partial charge is 0.00851 e. The van der Waals surface area contributed by atoms with E-state index in [9.17, 15) is 0 Å². The van der Waals surface area contributed by atoms with Gasteiger partial charge in [0, 0.05) is 0 Å². The van der Waals surface area contributed by atoms with Gasteiger partial charge in [-0.15, -0.1) is 5.73 Å². The lowest BCUT2D eigenvalue weighted by molar-refractivity contribution is -0.0523. The number of fused-ring (bicyclic) bond motifs is 5. The molecular weight excluding hydrogens is 492 g/mol. The zero-order chi connectivity index (χ0) is 32.4. The van der Waals surface area contributed by atoms with Crippen LogP contribution in [-0.2, 0) is 0 Å². The van der Waals surface area contributed by atoms with E-state index in [2.05, 4.69) is 59.9 Å². The van der Waals surface area contributed by atoms with Crippen LogP contribution >= 0.6 is 0 Å².